The van der Waals surface area contributed by atoms with Crippen LogP contribution in [0.4, 0.5) is 34.1 Å². The van der Waals surface area contributed by atoms with E-state index in [4.69, 9.17) is 4.74 Å². The van der Waals surface area contributed by atoms with Crippen molar-refractivity contribution in [1.29, 1.82) is 0 Å². The molecule has 0 atom stereocenters. The molecule has 6 heteroatoms. The van der Waals surface area contributed by atoms with Gasteiger partial charge in [0.1, 0.15) is 0 Å². The summed E-state index contributed by atoms with van der Waals surface area (Å²) in [6, 6.07) is 67.9. The maximum absolute atomic E-state index is 6.81. The Kier molecular flexibility index (Phi) is 9.04. The van der Waals surface area contributed by atoms with Crippen LogP contribution in [0.5, 0.6) is 11.5 Å². The van der Waals surface area contributed by atoms with Crippen molar-refractivity contribution in [3.8, 4) is 11.5 Å². The molecule has 10 rings (SSSR count). The van der Waals surface area contributed by atoms with Gasteiger partial charge in [-0.2, -0.15) is 0 Å². The van der Waals surface area contributed by atoms with Crippen molar-refractivity contribution >= 4 is 126 Å². The summed E-state index contributed by atoms with van der Waals surface area (Å²) >= 11 is 2.65. The molecule has 54 heavy (non-hydrogen) atoms. The van der Waals surface area contributed by atoms with E-state index in [2.05, 4.69) is 190 Å². The topological polar surface area (TPSA) is 15.7 Å². The zero-order valence-electron chi connectivity index (χ0n) is 28.9. The first-order chi connectivity index (χ1) is 26.7. The van der Waals surface area contributed by atoms with Crippen LogP contribution in [-0.4, -0.2) is 40.9 Å². The van der Waals surface area contributed by atoms with Crippen molar-refractivity contribution in [2.45, 2.75) is 0 Å². The van der Waals surface area contributed by atoms with Crippen LogP contribution in [0.3, 0.4) is 0 Å². The van der Waals surface area contributed by atoms with Crippen LogP contribution in [0, 0.1) is 0 Å². The molecule has 0 N–H and O–H groups in total. The number of ether oxygens (including phenoxy) is 1. The summed E-state index contributed by atoms with van der Waals surface area (Å²) in [6.07, 6.45) is 0. The molecule has 0 aliphatic carbocycles. The molecule has 2 aromatic heterocycles. The molecule has 0 unspecified atom stereocenters. The minimum atomic E-state index is -0.507. The number of halogens is 1. The summed E-state index contributed by atoms with van der Waals surface area (Å²) in [5, 5.41) is 5.37. The fourth-order valence-electron chi connectivity index (χ4n) is 7.44. The van der Waals surface area contributed by atoms with Gasteiger partial charge in [0, 0.05) is 0 Å². The number of hydrogen-bond acceptors (Lipinski definition) is 3. The van der Waals surface area contributed by atoms with Crippen molar-refractivity contribution < 1.29 is 4.74 Å². The van der Waals surface area contributed by atoms with Crippen molar-refractivity contribution in [2.24, 2.45) is 0 Å². The predicted octanol–water partition coefficient (Wildman–Crippen LogP) is 13.9. The van der Waals surface area contributed by atoms with Crippen LogP contribution >= 0.6 is 15.9 Å². The zero-order valence-corrected chi connectivity index (χ0v) is 35.1. The molecule has 2 heterocycles. The summed E-state index contributed by atoms with van der Waals surface area (Å²) in [6.45, 7) is 0. The molecule has 0 saturated heterocycles. The van der Waals surface area contributed by atoms with Gasteiger partial charge in [-0.3, -0.25) is 0 Å². The SMILES string of the molecule is Brc1cccc(Oc2cc(N(c3ccccc3)c3cccc4[te]c5ccccc5c34)cc(N(c3ccccc3)c3cccc4[te]c5ccccc5c34)c2)c1. The molecule has 10 aromatic rings. The van der Waals surface area contributed by atoms with Crippen LogP contribution in [0.1, 0.15) is 0 Å². The Hall–Kier alpha value is -4.78. The van der Waals surface area contributed by atoms with E-state index in [-0.39, 0.29) is 0 Å². The zero-order chi connectivity index (χ0) is 36.0. The van der Waals surface area contributed by atoms with E-state index in [9.17, 15) is 0 Å². The van der Waals surface area contributed by atoms with Crippen LogP contribution in [0.2, 0.25) is 0 Å². The molecule has 0 aliphatic rings. The van der Waals surface area contributed by atoms with Gasteiger partial charge < -0.3 is 0 Å². The number of nitrogens with zero attached hydrogens (tertiary/aromatic N) is 2. The predicted molar refractivity (Wildman–Crippen MR) is 234 cm³/mol. The average Bonchev–Trinajstić information content (AvgIpc) is 3.79. The summed E-state index contributed by atoms with van der Waals surface area (Å²) in [5.74, 6) is 1.52. The molecular weight excluding hydrogens is 956 g/mol. The van der Waals surface area contributed by atoms with Crippen LogP contribution in [0.25, 0.3) is 35.2 Å². The molecule has 0 fully saturated rings. The third-order valence-corrected chi connectivity index (χ3v) is 16.7. The Balaban J connectivity index is 1.27. The van der Waals surface area contributed by atoms with Gasteiger partial charge in [-0.15, -0.1) is 0 Å². The van der Waals surface area contributed by atoms with E-state index in [1.165, 1.54) is 46.5 Å². The number of para-hydroxylation sites is 2. The van der Waals surface area contributed by atoms with E-state index < -0.39 is 40.9 Å². The standard InChI is InChI=1S/C48H31BrN2OTe2/c49-32-14-11-19-37(28-32)52-38-30-35(50(33-15-3-1-4-16-33)41-22-12-26-45-47(41)39-20-7-9-24-43(39)53-45)29-36(31-38)51(34-17-5-2-6-18-34)42-23-13-27-46-48(42)40-21-8-10-25-44(40)54-46/h1-31H. The van der Waals surface area contributed by atoms with Gasteiger partial charge in [0.15, 0.2) is 0 Å². The Morgan fingerprint density at radius 1 is 0.370 bits per heavy atom. The van der Waals surface area contributed by atoms with Crippen LogP contribution < -0.4 is 14.5 Å². The third kappa shape index (κ3) is 6.23. The Morgan fingerprint density at radius 2 is 0.833 bits per heavy atom. The minimum absolute atomic E-state index is 0.507. The number of rotatable bonds is 8. The number of hydrogen-bond donors (Lipinski definition) is 0. The van der Waals surface area contributed by atoms with Crippen molar-refractivity contribution in [3.63, 3.8) is 0 Å². The summed E-state index contributed by atoms with van der Waals surface area (Å²) in [5.41, 5.74) is 6.56. The van der Waals surface area contributed by atoms with Gasteiger partial charge >= 0.3 is 345 Å². The normalized spacial score (nSPS) is 11.4. The molecule has 0 aliphatic heterocycles. The summed E-state index contributed by atoms with van der Waals surface area (Å²) in [7, 11) is 0. The van der Waals surface area contributed by atoms with Gasteiger partial charge in [0.25, 0.3) is 0 Å². The molecule has 0 spiro atoms. The quantitative estimate of drug-likeness (QED) is 0.141. The second-order valence-electron chi connectivity index (χ2n) is 13.1. The van der Waals surface area contributed by atoms with Gasteiger partial charge in [-0.25, -0.2) is 0 Å². The fourth-order valence-corrected chi connectivity index (χ4v) is 14.3. The van der Waals surface area contributed by atoms with E-state index >= 15 is 0 Å². The van der Waals surface area contributed by atoms with E-state index in [1.54, 1.807) is 0 Å². The van der Waals surface area contributed by atoms with Crippen LogP contribution in [-0.2, 0) is 0 Å². The number of fused-ring (bicyclic) bond motifs is 6. The van der Waals surface area contributed by atoms with Gasteiger partial charge in [0.2, 0.25) is 0 Å². The van der Waals surface area contributed by atoms with Crippen molar-refractivity contribution in [3.05, 3.63) is 193 Å². The second-order valence-corrected chi connectivity index (χ2v) is 20.2. The van der Waals surface area contributed by atoms with Crippen molar-refractivity contribution in [1.82, 2.24) is 0 Å². The first-order valence-electron chi connectivity index (χ1n) is 17.8. The number of anilines is 6. The fraction of sp³-hybridized carbons (Fsp3) is 0. The Morgan fingerprint density at radius 3 is 1.35 bits per heavy atom. The van der Waals surface area contributed by atoms with Gasteiger partial charge in [-0.05, 0) is 0 Å². The maximum atomic E-state index is 6.81. The van der Waals surface area contributed by atoms with E-state index in [0.717, 1.165) is 38.7 Å². The molecule has 0 amide bonds. The average molecular weight is 987 g/mol. The van der Waals surface area contributed by atoms with E-state index in [0.29, 0.717) is 0 Å². The monoisotopic (exact) mass is 990 g/mol. The molecule has 0 radical (unpaired) electrons. The summed E-state index contributed by atoms with van der Waals surface area (Å²) in [4.78, 5) is 4.84. The third-order valence-electron chi connectivity index (χ3n) is 9.70. The van der Waals surface area contributed by atoms with Crippen molar-refractivity contribution in [2.75, 3.05) is 9.80 Å². The van der Waals surface area contributed by atoms with Gasteiger partial charge in [0.05, 0.1) is 0 Å². The molecule has 0 saturated carbocycles. The van der Waals surface area contributed by atoms with Crippen LogP contribution in [0.15, 0.2) is 193 Å². The molecule has 3 nitrogen and oxygen atoms in total. The summed E-state index contributed by atoms with van der Waals surface area (Å²) < 4.78 is 13.7. The first-order valence-corrected chi connectivity index (χ1v) is 23.2. The first kappa shape index (κ1) is 33.8. The molecule has 258 valence electrons. The molecule has 0 bridgehead atoms. The molecular formula is C48H31BrN2OTe2. The second kappa shape index (κ2) is 14.5. The van der Waals surface area contributed by atoms with E-state index in [1.807, 2.05) is 24.3 Å². The Bertz CT molecular complexity index is 2780. The Labute approximate surface area is 341 Å². The van der Waals surface area contributed by atoms with Gasteiger partial charge in [-0.1, -0.05) is 0 Å². The molecule has 8 aromatic carbocycles. The number of benzene rings is 8.